The van der Waals surface area contributed by atoms with Crippen molar-refractivity contribution >= 4 is 11.7 Å². The maximum absolute atomic E-state index is 11.7. The van der Waals surface area contributed by atoms with Crippen molar-refractivity contribution in [1.82, 2.24) is 10.3 Å². The van der Waals surface area contributed by atoms with Crippen LogP contribution in [0.2, 0.25) is 0 Å². The van der Waals surface area contributed by atoms with Crippen LogP contribution in [0.3, 0.4) is 0 Å². The summed E-state index contributed by atoms with van der Waals surface area (Å²) in [5, 5.41) is 6.05. The van der Waals surface area contributed by atoms with Gasteiger partial charge in [0.25, 0.3) is 5.91 Å². The molecule has 0 unspecified atom stereocenters. The molecule has 0 aliphatic rings. The normalized spacial score (nSPS) is 10.0. The smallest absolute Gasteiger partial charge is 0.251 e. The zero-order valence-electron chi connectivity index (χ0n) is 10.6. The molecular formula is C13H21N3O. The van der Waals surface area contributed by atoms with Gasteiger partial charge >= 0.3 is 0 Å². The first-order chi connectivity index (χ1) is 8.27. The van der Waals surface area contributed by atoms with Crippen LogP contribution in [0.15, 0.2) is 18.3 Å². The topological polar surface area (TPSA) is 54.0 Å². The molecule has 1 aromatic rings. The largest absolute Gasteiger partial charge is 0.370 e. The highest BCUT2D eigenvalue weighted by Gasteiger charge is 2.05. The van der Waals surface area contributed by atoms with Gasteiger partial charge in [0.15, 0.2) is 0 Å². The van der Waals surface area contributed by atoms with Crippen LogP contribution < -0.4 is 10.6 Å². The van der Waals surface area contributed by atoms with Crippen molar-refractivity contribution in [2.75, 3.05) is 18.4 Å². The van der Waals surface area contributed by atoms with Gasteiger partial charge in [-0.2, -0.15) is 0 Å². The second-order valence-corrected chi connectivity index (χ2v) is 3.97. The number of nitrogens with one attached hydrogen (secondary N) is 2. The highest BCUT2D eigenvalue weighted by atomic mass is 16.1. The monoisotopic (exact) mass is 235 g/mol. The van der Waals surface area contributed by atoms with Crippen molar-refractivity contribution in [1.29, 1.82) is 0 Å². The number of hydrogen-bond donors (Lipinski definition) is 2. The van der Waals surface area contributed by atoms with E-state index in [-0.39, 0.29) is 5.91 Å². The third-order valence-corrected chi connectivity index (χ3v) is 2.39. The van der Waals surface area contributed by atoms with Crippen LogP contribution in [0, 0.1) is 0 Å². The molecule has 0 aliphatic heterocycles. The first-order valence-electron chi connectivity index (χ1n) is 6.26. The van der Waals surface area contributed by atoms with Gasteiger partial charge in [-0.3, -0.25) is 4.79 Å². The molecule has 0 spiro atoms. The van der Waals surface area contributed by atoms with Gasteiger partial charge < -0.3 is 10.6 Å². The number of carbonyl (C=O) groups is 1. The zero-order chi connectivity index (χ0) is 12.5. The van der Waals surface area contributed by atoms with E-state index in [1.54, 1.807) is 18.3 Å². The molecular weight excluding hydrogens is 214 g/mol. The van der Waals surface area contributed by atoms with E-state index in [4.69, 9.17) is 0 Å². The van der Waals surface area contributed by atoms with E-state index in [0.29, 0.717) is 12.1 Å². The summed E-state index contributed by atoms with van der Waals surface area (Å²) in [6.45, 7) is 5.78. The molecule has 4 heteroatoms. The first-order valence-corrected chi connectivity index (χ1v) is 6.26. The number of rotatable bonds is 7. The minimum Gasteiger partial charge on any atom is -0.370 e. The average Bonchev–Trinajstić information content (AvgIpc) is 2.36. The van der Waals surface area contributed by atoms with Crippen molar-refractivity contribution in [2.45, 2.75) is 33.1 Å². The molecule has 1 heterocycles. The molecule has 4 nitrogen and oxygen atoms in total. The Morgan fingerprint density at radius 2 is 2.12 bits per heavy atom. The van der Waals surface area contributed by atoms with Crippen molar-refractivity contribution in [3.05, 3.63) is 23.9 Å². The zero-order valence-corrected chi connectivity index (χ0v) is 10.6. The number of unbranched alkanes of at least 4 members (excludes halogenated alkanes) is 1. The van der Waals surface area contributed by atoms with Crippen molar-refractivity contribution in [3.8, 4) is 0 Å². The van der Waals surface area contributed by atoms with E-state index >= 15 is 0 Å². The molecule has 1 rings (SSSR count). The van der Waals surface area contributed by atoms with Crippen LogP contribution in [-0.4, -0.2) is 24.0 Å². The fraction of sp³-hybridized carbons (Fsp3) is 0.538. The molecule has 1 amide bonds. The van der Waals surface area contributed by atoms with Crippen LogP contribution in [0.25, 0.3) is 0 Å². The standard InChI is InChI=1S/C13H21N3O/c1-3-5-8-14-12-10-11(6-9-15-12)13(17)16-7-4-2/h6,9-10H,3-5,7-8H2,1-2H3,(H,14,15)(H,16,17). The summed E-state index contributed by atoms with van der Waals surface area (Å²) in [5.41, 5.74) is 0.660. The Hall–Kier alpha value is -1.58. The van der Waals surface area contributed by atoms with Gasteiger partial charge in [0.2, 0.25) is 0 Å². The lowest BCUT2D eigenvalue weighted by Gasteiger charge is -2.07. The summed E-state index contributed by atoms with van der Waals surface area (Å²) >= 11 is 0. The summed E-state index contributed by atoms with van der Waals surface area (Å²) in [4.78, 5) is 15.9. The van der Waals surface area contributed by atoms with E-state index in [1.165, 1.54) is 0 Å². The first kappa shape index (κ1) is 13.5. The number of pyridine rings is 1. The van der Waals surface area contributed by atoms with Gasteiger partial charge in [0, 0.05) is 24.8 Å². The summed E-state index contributed by atoms with van der Waals surface area (Å²) in [6, 6.07) is 3.52. The molecule has 0 fully saturated rings. The van der Waals surface area contributed by atoms with Crippen molar-refractivity contribution in [3.63, 3.8) is 0 Å². The lowest BCUT2D eigenvalue weighted by Crippen LogP contribution is -2.24. The predicted octanol–water partition coefficient (Wildman–Crippen LogP) is 2.43. The molecule has 0 saturated carbocycles. The minimum absolute atomic E-state index is 0.0345. The minimum atomic E-state index is -0.0345. The van der Waals surface area contributed by atoms with Gasteiger partial charge in [-0.15, -0.1) is 0 Å². The summed E-state index contributed by atoms with van der Waals surface area (Å²) < 4.78 is 0. The van der Waals surface area contributed by atoms with Gasteiger partial charge in [0.1, 0.15) is 5.82 Å². The summed E-state index contributed by atoms with van der Waals surface area (Å²) in [5.74, 6) is 0.732. The van der Waals surface area contributed by atoms with E-state index in [1.807, 2.05) is 6.92 Å². The van der Waals surface area contributed by atoms with Crippen LogP contribution in [0.5, 0.6) is 0 Å². The number of hydrogen-bond acceptors (Lipinski definition) is 3. The van der Waals surface area contributed by atoms with Gasteiger partial charge in [-0.1, -0.05) is 20.3 Å². The van der Waals surface area contributed by atoms with Crippen LogP contribution in [-0.2, 0) is 0 Å². The Kier molecular flexibility index (Phi) is 6.07. The van der Waals surface area contributed by atoms with Crippen molar-refractivity contribution < 1.29 is 4.79 Å². The van der Waals surface area contributed by atoms with Gasteiger partial charge in [-0.05, 0) is 25.0 Å². The Morgan fingerprint density at radius 1 is 1.29 bits per heavy atom. The van der Waals surface area contributed by atoms with Crippen LogP contribution in [0.4, 0.5) is 5.82 Å². The number of carbonyl (C=O) groups excluding carboxylic acids is 1. The molecule has 0 bridgehead atoms. The van der Waals surface area contributed by atoms with E-state index in [9.17, 15) is 4.79 Å². The molecule has 0 atom stereocenters. The number of nitrogens with zero attached hydrogens (tertiary/aromatic N) is 1. The maximum Gasteiger partial charge on any atom is 0.251 e. The third kappa shape index (κ3) is 4.85. The van der Waals surface area contributed by atoms with Crippen LogP contribution in [0.1, 0.15) is 43.5 Å². The Labute approximate surface area is 103 Å². The maximum atomic E-state index is 11.7. The predicted molar refractivity (Wildman–Crippen MR) is 70.3 cm³/mol. The molecule has 17 heavy (non-hydrogen) atoms. The lowest BCUT2D eigenvalue weighted by atomic mass is 10.2. The molecule has 0 aromatic carbocycles. The van der Waals surface area contributed by atoms with Crippen molar-refractivity contribution in [2.24, 2.45) is 0 Å². The Bertz CT molecular complexity index is 352. The Balaban J connectivity index is 2.55. The summed E-state index contributed by atoms with van der Waals surface area (Å²) in [7, 11) is 0. The molecule has 0 aliphatic carbocycles. The van der Waals surface area contributed by atoms with Crippen LogP contribution >= 0.6 is 0 Å². The fourth-order valence-corrected chi connectivity index (χ4v) is 1.40. The molecule has 2 N–H and O–H groups in total. The highest BCUT2D eigenvalue weighted by Crippen LogP contribution is 2.07. The average molecular weight is 235 g/mol. The fourth-order valence-electron chi connectivity index (χ4n) is 1.40. The SMILES string of the molecule is CCCCNc1cc(C(=O)NCCC)ccn1. The quantitative estimate of drug-likeness (QED) is 0.714. The third-order valence-electron chi connectivity index (χ3n) is 2.39. The van der Waals surface area contributed by atoms with Gasteiger partial charge in [0.05, 0.1) is 0 Å². The molecule has 94 valence electrons. The summed E-state index contributed by atoms with van der Waals surface area (Å²) in [6.07, 6.45) is 4.85. The number of anilines is 1. The highest BCUT2D eigenvalue weighted by molar-refractivity contribution is 5.94. The second-order valence-electron chi connectivity index (χ2n) is 3.97. The molecule has 0 radical (unpaired) electrons. The van der Waals surface area contributed by atoms with E-state index in [0.717, 1.165) is 31.6 Å². The second kappa shape index (κ2) is 7.65. The van der Waals surface area contributed by atoms with Gasteiger partial charge in [-0.25, -0.2) is 4.98 Å². The number of amides is 1. The lowest BCUT2D eigenvalue weighted by molar-refractivity contribution is 0.0953. The van der Waals surface area contributed by atoms with E-state index in [2.05, 4.69) is 22.5 Å². The van der Waals surface area contributed by atoms with E-state index < -0.39 is 0 Å². The Morgan fingerprint density at radius 3 is 2.82 bits per heavy atom. The molecule has 0 saturated heterocycles. The molecule has 1 aromatic heterocycles. The number of aromatic nitrogens is 1.